The number of aromatic nitrogens is 2. The number of thioether (sulfide) groups is 1. The highest BCUT2D eigenvalue weighted by molar-refractivity contribution is 7.99. The molecule has 0 aliphatic heterocycles. The SMILES string of the molecule is COc1cnn(C)c1C(N)CSc1ccccc1F. The van der Waals surface area contributed by atoms with Gasteiger partial charge in [-0.05, 0) is 12.1 Å². The molecule has 0 aliphatic carbocycles. The van der Waals surface area contributed by atoms with Crippen LogP contribution in [0.4, 0.5) is 4.39 Å². The smallest absolute Gasteiger partial charge is 0.161 e. The summed E-state index contributed by atoms with van der Waals surface area (Å²) >= 11 is 1.38. The van der Waals surface area contributed by atoms with Crippen molar-refractivity contribution in [1.29, 1.82) is 0 Å². The average Bonchev–Trinajstić information content (AvgIpc) is 2.78. The van der Waals surface area contributed by atoms with Crippen LogP contribution in [0.2, 0.25) is 0 Å². The lowest BCUT2D eigenvalue weighted by atomic mass is 10.2. The molecule has 0 saturated heterocycles. The topological polar surface area (TPSA) is 53.1 Å². The van der Waals surface area contributed by atoms with Gasteiger partial charge >= 0.3 is 0 Å². The summed E-state index contributed by atoms with van der Waals surface area (Å²) in [7, 11) is 3.39. The Labute approximate surface area is 115 Å². The van der Waals surface area contributed by atoms with E-state index < -0.39 is 0 Å². The molecule has 6 heteroatoms. The number of nitrogens with zero attached hydrogens (tertiary/aromatic N) is 2. The highest BCUT2D eigenvalue weighted by Gasteiger charge is 2.17. The molecule has 2 aromatic rings. The Kier molecular flexibility index (Phi) is 4.44. The molecule has 0 bridgehead atoms. The third-order valence-electron chi connectivity index (χ3n) is 2.78. The zero-order valence-electron chi connectivity index (χ0n) is 10.8. The van der Waals surface area contributed by atoms with E-state index in [2.05, 4.69) is 5.10 Å². The molecule has 1 aromatic carbocycles. The molecular weight excluding hydrogens is 265 g/mol. The van der Waals surface area contributed by atoms with Crippen LogP contribution in [0, 0.1) is 5.82 Å². The first kappa shape index (κ1) is 13.9. The van der Waals surface area contributed by atoms with Gasteiger partial charge in [0.25, 0.3) is 0 Å². The van der Waals surface area contributed by atoms with Gasteiger partial charge in [0.1, 0.15) is 5.82 Å². The largest absolute Gasteiger partial charge is 0.493 e. The van der Waals surface area contributed by atoms with E-state index in [1.807, 2.05) is 13.1 Å². The summed E-state index contributed by atoms with van der Waals surface area (Å²) in [5.41, 5.74) is 6.94. The molecular formula is C13H16FN3OS. The highest BCUT2D eigenvalue weighted by atomic mass is 32.2. The van der Waals surface area contributed by atoms with Gasteiger partial charge in [0.2, 0.25) is 0 Å². The molecule has 1 atom stereocenters. The van der Waals surface area contributed by atoms with Crippen molar-refractivity contribution in [3.05, 3.63) is 42.0 Å². The van der Waals surface area contributed by atoms with Crippen LogP contribution in [0.15, 0.2) is 35.4 Å². The lowest BCUT2D eigenvalue weighted by molar-refractivity contribution is 0.405. The molecule has 0 fully saturated rings. The lowest BCUT2D eigenvalue weighted by Gasteiger charge is -2.13. The molecule has 0 radical (unpaired) electrons. The van der Waals surface area contributed by atoms with E-state index in [4.69, 9.17) is 10.5 Å². The molecule has 2 rings (SSSR count). The number of rotatable bonds is 5. The van der Waals surface area contributed by atoms with Crippen molar-refractivity contribution in [2.75, 3.05) is 12.9 Å². The molecule has 0 spiro atoms. The Balaban J connectivity index is 2.07. The molecule has 19 heavy (non-hydrogen) atoms. The minimum absolute atomic E-state index is 0.225. The fourth-order valence-electron chi connectivity index (χ4n) is 1.83. The molecule has 4 nitrogen and oxygen atoms in total. The number of nitrogens with two attached hydrogens (primary N) is 1. The van der Waals surface area contributed by atoms with E-state index in [0.29, 0.717) is 16.4 Å². The van der Waals surface area contributed by atoms with Crippen LogP contribution in [0.5, 0.6) is 5.75 Å². The van der Waals surface area contributed by atoms with E-state index in [0.717, 1.165) is 5.69 Å². The second kappa shape index (κ2) is 6.08. The summed E-state index contributed by atoms with van der Waals surface area (Å²) in [6.07, 6.45) is 1.63. The minimum atomic E-state index is -0.271. The standard InChI is InChI=1S/C13H16FN3OS/c1-17-13(11(18-2)7-16-17)10(15)8-19-12-6-4-3-5-9(12)14/h3-7,10H,8,15H2,1-2H3. The number of hydrogen-bond donors (Lipinski definition) is 1. The van der Waals surface area contributed by atoms with Crippen LogP contribution < -0.4 is 10.5 Å². The van der Waals surface area contributed by atoms with Crippen LogP contribution in [0.1, 0.15) is 11.7 Å². The second-order valence-electron chi connectivity index (χ2n) is 4.07. The van der Waals surface area contributed by atoms with Gasteiger partial charge in [0.15, 0.2) is 5.75 Å². The van der Waals surface area contributed by atoms with Gasteiger partial charge in [-0.3, -0.25) is 4.68 Å². The molecule has 0 saturated carbocycles. The van der Waals surface area contributed by atoms with Gasteiger partial charge in [-0.15, -0.1) is 11.8 Å². The summed E-state index contributed by atoms with van der Waals surface area (Å²) in [4.78, 5) is 0.596. The zero-order valence-corrected chi connectivity index (χ0v) is 11.7. The van der Waals surface area contributed by atoms with Crippen molar-refractivity contribution in [2.45, 2.75) is 10.9 Å². The maximum Gasteiger partial charge on any atom is 0.161 e. The summed E-state index contributed by atoms with van der Waals surface area (Å²) in [6.45, 7) is 0. The number of hydrogen-bond acceptors (Lipinski definition) is 4. The first-order valence-electron chi connectivity index (χ1n) is 5.82. The molecule has 102 valence electrons. The monoisotopic (exact) mass is 281 g/mol. The van der Waals surface area contributed by atoms with E-state index in [1.54, 1.807) is 30.1 Å². The number of methoxy groups -OCH3 is 1. The zero-order chi connectivity index (χ0) is 13.8. The van der Waals surface area contributed by atoms with Crippen molar-refractivity contribution in [3.8, 4) is 5.75 Å². The Morgan fingerprint density at radius 3 is 2.89 bits per heavy atom. The predicted molar refractivity (Wildman–Crippen MR) is 73.8 cm³/mol. The van der Waals surface area contributed by atoms with Crippen LogP contribution in [0.3, 0.4) is 0 Å². The first-order valence-corrected chi connectivity index (χ1v) is 6.81. The summed E-state index contributed by atoms with van der Waals surface area (Å²) in [6, 6.07) is 6.39. The fourth-order valence-corrected chi connectivity index (χ4v) is 2.72. The van der Waals surface area contributed by atoms with Crippen molar-refractivity contribution in [2.24, 2.45) is 12.8 Å². The van der Waals surface area contributed by atoms with Gasteiger partial charge in [-0.1, -0.05) is 12.1 Å². The van der Waals surface area contributed by atoms with Crippen LogP contribution in [0.25, 0.3) is 0 Å². The fraction of sp³-hybridized carbons (Fsp3) is 0.308. The van der Waals surface area contributed by atoms with E-state index >= 15 is 0 Å². The molecule has 1 aromatic heterocycles. The number of aryl methyl sites for hydroxylation is 1. The van der Waals surface area contributed by atoms with Crippen molar-refractivity contribution >= 4 is 11.8 Å². The van der Waals surface area contributed by atoms with E-state index in [1.165, 1.54) is 17.8 Å². The predicted octanol–water partition coefficient (Wildman–Crippen LogP) is 2.36. The number of ether oxygens (including phenoxy) is 1. The van der Waals surface area contributed by atoms with Gasteiger partial charge in [0.05, 0.1) is 25.0 Å². The first-order chi connectivity index (χ1) is 9.13. The number of halogens is 1. The average molecular weight is 281 g/mol. The molecule has 0 aliphatic rings. The molecule has 2 N–H and O–H groups in total. The normalized spacial score (nSPS) is 12.4. The van der Waals surface area contributed by atoms with Crippen molar-refractivity contribution in [3.63, 3.8) is 0 Å². The summed E-state index contributed by atoms with van der Waals surface area (Å²) < 4.78 is 20.4. The summed E-state index contributed by atoms with van der Waals surface area (Å²) in [5.74, 6) is 0.984. The lowest BCUT2D eigenvalue weighted by Crippen LogP contribution is -2.18. The Bertz CT molecular complexity index is 559. The van der Waals surface area contributed by atoms with E-state index in [-0.39, 0.29) is 11.9 Å². The Hall–Kier alpha value is -1.53. The third kappa shape index (κ3) is 3.08. The van der Waals surface area contributed by atoms with Crippen LogP contribution >= 0.6 is 11.8 Å². The van der Waals surface area contributed by atoms with Crippen molar-refractivity contribution < 1.29 is 9.13 Å². The van der Waals surface area contributed by atoms with Gasteiger partial charge in [0, 0.05) is 17.7 Å². The Morgan fingerprint density at radius 2 is 2.21 bits per heavy atom. The Morgan fingerprint density at radius 1 is 1.47 bits per heavy atom. The van der Waals surface area contributed by atoms with Gasteiger partial charge < -0.3 is 10.5 Å². The molecule has 1 unspecified atom stereocenters. The second-order valence-corrected chi connectivity index (χ2v) is 5.13. The van der Waals surface area contributed by atoms with Crippen molar-refractivity contribution in [1.82, 2.24) is 9.78 Å². The quantitative estimate of drug-likeness (QED) is 0.855. The number of benzene rings is 1. The maximum atomic E-state index is 13.5. The summed E-state index contributed by atoms with van der Waals surface area (Å²) in [5, 5.41) is 4.11. The minimum Gasteiger partial charge on any atom is -0.493 e. The molecule has 1 heterocycles. The van der Waals surface area contributed by atoms with Crippen LogP contribution in [-0.4, -0.2) is 22.6 Å². The van der Waals surface area contributed by atoms with Crippen LogP contribution in [-0.2, 0) is 7.05 Å². The molecule has 0 amide bonds. The maximum absolute atomic E-state index is 13.5. The highest BCUT2D eigenvalue weighted by Crippen LogP contribution is 2.29. The van der Waals surface area contributed by atoms with E-state index in [9.17, 15) is 4.39 Å². The van der Waals surface area contributed by atoms with Gasteiger partial charge in [-0.25, -0.2) is 4.39 Å². The third-order valence-corrected chi connectivity index (χ3v) is 3.94. The van der Waals surface area contributed by atoms with Gasteiger partial charge in [-0.2, -0.15) is 5.10 Å².